The Kier molecular flexibility index (Phi) is 8.33. The Balaban J connectivity index is 3.72. The number of esters is 1. The van der Waals surface area contributed by atoms with Gasteiger partial charge in [0, 0.05) is 20.3 Å². The van der Waals surface area contributed by atoms with E-state index in [0.29, 0.717) is 12.5 Å². The number of methoxy groups -OCH3 is 2. The largest absolute Gasteiger partial charge is 0.469 e. The summed E-state index contributed by atoms with van der Waals surface area (Å²) in [6, 6.07) is 0. The molecule has 0 saturated heterocycles. The third kappa shape index (κ3) is 6.47. The molecule has 0 spiro atoms. The number of ether oxygens (including phenoxy) is 2. The SMILES string of the molecule is COCCCNCC(C(=O)OC)C(C)C. The monoisotopic (exact) mass is 217 g/mol. The van der Waals surface area contributed by atoms with Gasteiger partial charge in [0.05, 0.1) is 13.0 Å². The van der Waals surface area contributed by atoms with E-state index in [-0.39, 0.29) is 11.9 Å². The van der Waals surface area contributed by atoms with Crippen molar-refractivity contribution in [2.24, 2.45) is 11.8 Å². The Labute approximate surface area is 92.3 Å². The molecule has 90 valence electrons. The van der Waals surface area contributed by atoms with Crippen LogP contribution in [0.5, 0.6) is 0 Å². The Bertz CT molecular complexity index is 171. The number of carbonyl (C=O) groups is 1. The minimum atomic E-state index is -0.135. The highest BCUT2D eigenvalue weighted by molar-refractivity contribution is 5.72. The summed E-state index contributed by atoms with van der Waals surface area (Å²) in [7, 11) is 3.12. The summed E-state index contributed by atoms with van der Waals surface area (Å²) in [5.41, 5.74) is 0. The second-order valence-corrected chi connectivity index (χ2v) is 3.92. The smallest absolute Gasteiger partial charge is 0.310 e. The minimum Gasteiger partial charge on any atom is -0.469 e. The van der Waals surface area contributed by atoms with Crippen LogP contribution in [0.25, 0.3) is 0 Å². The second-order valence-electron chi connectivity index (χ2n) is 3.92. The maximum absolute atomic E-state index is 11.4. The zero-order valence-corrected chi connectivity index (χ0v) is 10.2. The Hall–Kier alpha value is -0.610. The molecule has 0 saturated carbocycles. The van der Waals surface area contributed by atoms with Crippen molar-refractivity contribution in [1.29, 1.82) is 0 Å². The summed E-state index contributed by atoms with van der Waals surface area (Å²) in [4.78, 5) is 11.4. The number of rotatable bonds is 8. The average Bonchev–Trinajstić information content (AvgIpc) is 2.22. The zero-order chi connectivity index (χ0) is 11.7. The molecule has 0 rings (SSSR count). The van der Waals surface area contributed by atoms with Gasteiger partial charge in [0.2, 0.25) is 0 Å². The van der Waals surface area contributed by atoms with Crippen LogP contribution in [0.4, 0.5) is 0 Å². The fourth-order valence-electron chi connectivity index (χ4n) is 1.34. The van der Waals surface area contributed by atoms with Crippen molar-refractivity contribution in [3.8, 4) is 0 Å². The van der Waals surface area contributed by atoms with Gasteiger partial charge in [0.15, 0.2) is 0 Å². The van der Waals surface area contributed by atoms with Gasteiger partial charge in [-0.3, -0.25) is 4.79 Å². The first-order valence-corrected chi connectivity index (χ1v) is 5.41. The molecular weight excluding hydrogens is 194 g/mol. The maximum atomic E-state index is 11.4. The van der Waals surface area contributed by atoms with E-state index in [9.17, 15) is 4.79 Å². The fraction of sp³-hybridized carbons (Fsp3) is 0.909. The van der Waals surface area contributed by atoms with Gasteiger partial charge in [-0.2, -0.15) is 0 Å². The summed E-state index contributed by atoms with van der Waals surface area (Å²) in [6.45, 7) is 6.34. The van der Waals surface area contributed by atoms with Crippen LogP contribution in [-0.4, -0.2) is 39.9 Å². The van der Waals surface area contributed by atoms with E-state index < -0.39 is 0 Å². The summed E-state index contributed by atoms with van der Waals surface area (Å²) in [5, 5.41) is 3.24. The molecule has 0 amide bonds. The molecule has 0 radical (unpaired) electrons. The molecule has 0 heterocycles. The van der Waals surface area contributed by atoms with E-state index in [1.165, 1.54) is 7.11 Å². The fourth-order valence-corrected chi connectivity index (χ4v) is 1.34. The van der Waals surface area contributed by atoms with Gasteiger partial charge >= 0.3 is 5.97 Å². The summed E-state index contributed by atoms with van der Waals surface area (Å²) in [6.07, 6.45) is 0.961. The van der Waals surface area contributed by atoms with Gasteiger partial charge in [0.25, 0.3) is 0 Å². The van der Waals surface area contributed by atoms with Crippen LogP contribution in [0, 0.1) is 11.8 Å². The Morgan fingerprint density at radius 2 is 2.00 bits per heavy atom. The first-order chi connectivity index (χ1) is 7.13. The lowest BCUT2D eigenvalue weighted by atomic mass is 9.96. The lowest BCUT2D eigenvalue weighted by Crippen LogP contribution is -2.33. The number of nitrogens with one attached hydrogen (secondary N) is 1. The van der Waals surface area contributed by atoms with Crippen LogP contribution in [0.1, 0.15) is 20.3 Å². The highest BCUT2D eigenvalue weighted by Gasteiger charge is 2.21. The van der Waals surface area contributed by atoms with Crippen molar-refractivity contribution in [1.82, 2.24) is 5.32 Å². The van der Waals surface area contributed by atoms with Crippen molar-refractivity contribution in [2.75, 3.05) is 33.9 Å². The lowest BCUT2D eigenvalue weighted by Gasteiger charge is -2.18. The molecule has 0 fully saturated rings. The molecule has 1 atom stereocenters. The predicted molar refractivity (Wildman–Crippen MR) is 59.7 cm³/mol. The minimum absolute atomic E-state index is 0.0578. The van der Waals surface area contributed by atoms with Crippen LogP contribution < -0.4 is 5.32 Å². The topological polar surface area (TPSA) is 47.6 Å². The van der Waals surface area contributed by atoms with Crippen LogP contribution in [-0.2, 0) is 14.3 Å². The quantitative estimate of drug-likeness (QED) is 0.488. The molecular formula is C11H23NO3. The normalized spacial score (nSPS) is 12.9. The Morgan fingerprint density at radius 1 is 1.33 bits per heavy atom. The van der Waals surface area contributed by atoms with Crippen LogP contribution in [0.3, 0.4) is 0 Å². The number of carbonyl (C=O) groups excluding carboxylic acids is 1. The third-order valence-electron chi connectivity index (χ3n) is 2.37. The predicted octanol–water partition coefficient (Wildman–Crippen LogP) is 1.06. The van der Waals surface area contributed by atoms with Gasteiger partial charge < -0.3 is 14.8 Å². The molecule has 4 nitrogen and oxygen atoms in total. The highest BCUT2D eigenvalue weighted by atomic mass is 16.5. The first kappa shape index (κ1) is 14.4. The summed E-state index contributed by atoms with van der Waals surface area (Å²) in [5.74, 6) is 0.106. The van der Waals surface area contributed by atoms with Crippen molar-refractivity contribution in [2.45, 2.75) is 20.3 Å². The van der Waals surface area contributed by atoms with Gasteiger partial charge in [0.1, 0.15) is 0 Å². The second kappa shape index (κ2) is 8.68. The molecule has 1 unspecified atom stereocenters. The molecule has 15 heavy (non-hydrogen) atoms. The standard InChI is InChI=1S/C11H23NO3/c1-9(2)10(11(13)15-4)8-12-6-5-7-14-3/h9-10,12H,5-8H2,1-4H3. The zero-order valence-electron chi connectivity index (χ0n) is 10.2. The summed E-state index contributed by atoms with van der Waals surface area (Å²) >= 11 is 0. The van der Waals surface area contributed by atoms with Gasteiger partial charge in [-0.1, -0.05) is 13.8 Å². The van der Waals surface area contributed by atoms with Crippen molar-refractivity contribution >= 4 is 5.97 Å². The molecule has 0 aromatic rings. The van der Waals surface area contributed by atoms with Crippen molar-refractivity contribution < 1.29 is 14.3 Å². The molecule has 0 aliphatic heterocycles. The highest BCUT2D eigenvalue weighted by Crippen LogP contribution is 2.11. The third-order valence-corrected chi connectivity index (χ3v) is 2.37. The molecule has 0 aromatic heterocycles. The van der Waals surface area contributed by atoms with Gasteiger partial charge in [-0.15, -0.1) is 0 Å². The average molecular weight is 217 g/mol. The maximum Gasteiger partial charge on any atom is 0.310 e. The van der Waals surface area contributed by atoms with E-state index in [2.05, 4.69) is 5.32 Å². The van der Waals surface area contributed by atoms with Gasteiger partial charge in [-0.25, -0.2) is 0 Å². The van der Waals surface area contributed by atoms with E-state index in [1.54, 1.807) is 7.11 Å². The molecule has 0 aliphatic carbocycles. The van der Waals surface area contributed by atoms with Crippen LogP contribution in [0.2, 0.25) is 0 Å². The number of hydrogen-bond acceptors (Lipinski definition) is 4. The van der Waals surface area contributed by atoms with Crippen molar-refractivity contribution in [3.05, 3.63) is 0 Å². The van der Waals surface area contributed by atoms with Gasteiger partial charge in [-0.05, 0) is 18.9 Å². The van der Waals surface area contributed by atoms with Crippen molar-refractivity contribution in [3.63, 3.8) is 0 Å². The number of hydrogen-bond donors (Lipinski definition) is 1. The molecule has 0 bridgehead atoms. The Morgan fingerprint density at radius 3 is 2.47 bits per heavy atom. The van der Waals surface area contributed by atoms with E-state index in [1.807, 2.05) is 13.8 Å². The molecule has 0 aliphatic rings. The molecule has 0 aromatic carbocycles. The summed E-state index contributed by atoms with van der Waals surface area (Å²) < 4.78 is 9.68. The van der Waals surface area contributed by atoms with E-state index >= 15 is 0 Å². The van der Waals surface area contributed by atoms with E-state index in [4.69, 9.17) is 9.47 Å². The first-order valence-electron chi connectivity index (χ1n) is 5.41. The van der Waals surface area contributed by atoms with Crippen LogP contribution >= 0.6 is 0 Å². The molecule has 1 N–H and O–H groups in total. The van der Waals surface area contributed by atoms with E-state index in [0.717, 1.165) is 19.6 Å². The lowest BCUT2D eigenvalue weighted by molar-refractivity contribution is -0.146. The van der Waals surface area contributed by atoms with Crippen LogP contribution in [0.15, 0.2) is 0 Å². The molecule has 4 heteroatoms.